The fourth-order valence-corrected chi connectivity index (χ4v) is 3.92. The van der Waals surface area contributed by atoms with E-state index >= 15 is 0 Å². The molecular formula is C13H14N4O2S. The van der Waals surface area contributed by atoms with Gasteiger partial charge in [-0.25, -0.2) is 9.97 Å². The Morgan fingerprint density at radius 1 is 1.30 bits per heavy atom. The van der Waals surface area contributed by atoms with Crippen LogP contribution in [-0.4, -0.2) is 46.1 Å². The number of nitrogens with zero attached hydrogens (tertiary/aromatic N) is 3. The Morgan fingerprint density at radius 2 is 2.00 bits per heavy atom. The van der Waals surface area contributed by atoms with E-state index in [1.165, 1.54) is 11.3 Å². The summed E-state index contributed by atoms with van der Waals surface area (Å²) in [6.07, 6.45) is 5.66. The van der Waals surface area contributed by atoms with Crippen LogP contribution in [0.25, 0.3) is 10.3 Å². The van der Waals surface area contributed by atoms with Crippen molar-refractivity contribution in [3.63, 3.8) is 0 Å². The molecule has 0 aliphatic carbocycles. The van der Waals surface area contributed by atoms with Crippen molar-refractivity contribution in [1.29, 1.82) is 0 Å². The van der Waals surface area contributed by atoms with Gasteiger partial charge in [-0.3, -0.25) is 4.79 Å². The normalized spacial score (nSPS) is 25.3. The molecule has 2 aromatic heterocycles. The quantitative estimate of drug-likeness (QED) is 0.855. The van der Waals surface area contributed by atoms with Gasteiger partial charge in [0.25, 0.3) is 5.91 Å². The molecule has 2 unspecified atom stereocenters. The van der Waals surface area contributed by atoms with Crippen LogP contribution in [-0.2, 0) is 4.74 Å². The minimum atomic E-state index is -0.0208. The second-order valence-corrected chi connectivity index (χ2v) is 6.22. The molecule has 4 heterocycles. The van der Waals surface area contributed by atoms with Crippen LogP contribution in [0.15, 0.2) is 12.4 Å². The first-order valence-corrected chi connectivity index (χ1v) is 7.47. The van der Waals surface area contributed by atoms with Crippen LogP contribution < -0.4 is 5.73 Å². The Morgan fingerprint density at radius 3 is 2.70 bits per heavy atom. The van der Waals surface area contributed by atoms with Crippen LogP contribution in [0.5, 0.6) is 0 Å². The number of fused-ring (bicyclic) bond motifs is 3. The molecule has 0 saturated carbocycles. The summed E-state index contributed by atoms with van der Waals surface area (Å²) < 4.78 is 5.76. The number of nitrogen functional groups attached to an aromatic ring is 1. The maximum atomic E-state index is 12.7. The monoisotopic (exact) mass is 290 g/mol. The molecule has 2 aliphatic heterocycles. The van der Waals surface area contributed by atoms with E-state index in [4.69, 9.17) is 10.5 Å². The average Bonchev–Trinajstić information content (AvgIpc) is 2.99. The number of hydrogen-bond acceptors (Lipinski definition) is 6. The Balaban J connectivity index is 1.68. The van der Waals surface area contributed by atoms with E-state index in [0.29, 0.717) is 34.0 Å². The SMILES string of the molecule is Nc1c(C(=O)N2CC3CCC(C2)O3)sc2nccnc12. The fourth-order valence-electron chi connectivity index (χ4n) is 2.93. The number of likely N-dealkylation sites (tertiary alicyclic amines) is 1. The summed E-state index contributed by atoms with van der Waals surface area (Å²) in [4.78, 5) is 24.2. The maximum absolute atomic E-state index is 12.7. The molecule has 1 amide bonds. The highest BCUT2D eigenvalue weighted by molar-refractivity contribution is 7.21. The van der Waals surface area contributed by atoms with Crippen molar-refractivity contribution in [3.05, 3.63) is 17.3 Å². The van der Waals surface area contributed by atoms with E-state index < -0.39 is 0 Å². The number of amides is 1. The smallest absolute Gasteiger partial charge is 0.266 e. The number of morpholine rings is 1. The summed E-state index contributed by atoms with van der Waals surface area (Å²) >= 11 is 1.32. The maximum Gasteiger partial charge on any atom is 0.266 e. The van der Waals surface area contributed by atoms with Crippen LogP contribution >= 0.6 is 11.3 Å². The van der Waals surface area contributed by atoms with E-state index in [0.717, 1.165) is 12.8 Å². The van der Waals surface area contributed by atoms with Gasteiger partial charge in [-0.15, -0.1) is 11.3 Å². The van der Waals surface area contributed by atoms with Crippen molar-refractivity contribution in [3.8, 4) is 0 Å². The second kappa shape index (κ2) is 4.39. The summed E-state index contributed by atoms with van der Waals surface area (Å²) in [5, 5.41) is 0. The van der Waals surface area contributed by atoms with Crippen LogP contribution in [0.3, 0.4) is 0 Å². The molecule has 4 rings (SSSR count). The van der Waals surface area contributed by atoms with Gasteiger partial charge in [0, 0.05) is 25.5 Å². The van der Waals surface area contributed by atoms with Gasteiger partial charge in [0.2, 0.25) is 0 Å². The Hall–Kier alpha value is -1.73. The lowest BCUT2D eigenvalue weighted by atomic mass is 10.2. The number of nitrogens with two attached hydrogens (primary N) is 1. The Kier molecular flexibility index (Phi) is 2.64. The van der Waals surface area contributed by atoms with Crippen molar-refractivity contribution >= 4 is 33.3 Å². The highest BCUT2D eigenvalue weighted by Crippen LogP contribution is 2.33. The van der Waals surface area contributed by atoms with E-state index in [2.05, 4.69) is 9.97 Å². The molecule has 7 heteroatoms. The molecule has 2 aliphatic rings. The number of carbonyl (C=O) groups is 1. The molecule has 2 N–H and O–H groups in total. The van der Waals surface area contributed by atoms with Crippen LogP contribution in [0, 0.1) is 0 Å². The first-order chi connectivity index (χ1) is 9.72. The number of aromatic nitrogens is 2. The van der Waals surface area contributed by atoms with Crippen molar-refractivity contribution in [1.82, 2.24) is 14.9 Å². The standard InChI is InChI=1S/C13H14N4O2S/c14-9-10-12(16-4-3-15-10)20-11(9)13(18)17-5-7-1-2-8(6-17)19-7/h3-4,7-8H,1-2,5-6,14H2. The third-order valence-electron chi connectivity index (χ3n) is 3.89. The van der Waals surface area contributed by atoms with Gasteiger partial charge < -0.3 is 15.4 Å². The second-order valence-electron chi connectivity index (χ2n) is 5.22. The lowest BCUT2D eigenvalue weighted by molar-refractivity contribution is -0.0301. The van der Waals surface area contributed by atoms with Crippen LogP contribution in [0.4, 0.5) is 5.69 Å². The molecule has 20 heavy (non-hydrogen) atoms. The van der Waals surface area contributed by atoms with Crippen molar-refractivity contribution < 1.29 is 9.53 Å². The molecule has 2 saturated heterocycles. The predicted molar refractivity (Wildman–Crippen MR) is 75.6 cm³/mol. The van der Waals surface area contributed by atoms with Gasteiger partial charge in [0.1, 0.15) is 15.2 Å². The number of carbonyl (C=O) groups excluding carboxylic acids is 1. The number of thiophene rings is 1. The first-order valence-electron chi connectivity index (χ1n) is 6.66. The molecule has 0 aromatic carbocycles. The minimum Gasteiger partial charge on any atom is -0.396 e. The van der Waals surface area contributed by atoms with Gasteiger partial charge >= 0.3 is 0 Å². The summed E-state index contributed by atoms with van der Waals surface area (Å²) in [5.74, 6) is -0.0208. The fraction of sp³-hybridized carbons (Fsp3) is 0.462. The van der Waals surface area contributed by atoms with Crippen LogP contribution in [0.2, 0.25) is 0 Å². The predicted octanol–water partition coefficient (Wildman–Crippen LogP) is 1.28. The Bertz CT molecular complexity index is 674. The summed E-state index contributed by atoms with van der Waals surface area (Å²) in [5.41, 5.74) is 7.13. The molecule has 0 spiro atoms. The molecular weight excluding hydrogens is 276 g/mol. The molecule has 0 radical (unpaired) electrons. The summed E-state index contributed by atoms with van der Waals surface area (Å²) in [6, 6.07) is 0. The third-order valence-corrected chi connectivity index (χ3v) is 4.98. The number of ether oxygens (including phenoxy) is 1. The zero-order chi connectivity index (χ0) is 13.7. The minimum absolute atomic E-state index is 0.0208. The zero-order valence-corrected chi connectivity index (χ0v) is 11.6. The number of rotatable bonds is 1. The Labute approximate surface area is 119 Å². The molecule has 2 bridgehead atoms. The highest BCUT2D eigenvalue weighted by atomic mass is 32.1. The van der Waals surface area contributed by atoms with E-state index in [9.17, 15) is 4.79 Å². The molecule has 2 fully saturated rings. The van der Waals surface area contributed by atoms with Crippen molar-refractivity contribution in [2.75, 3.05) is 18.8 Å². The topological polar surface area (TPSA) is 81.3 Å². The zero-order valence-electron chi connectivity index (χ0n) is 10.8. The lowest BCUT2D eigenvalue weighted by Crippen LogP contribution is -2.45. The number of hydrogen-bond donors (Lipinski definition) is 1. The van der Waals surface area contributed by atoms with Crippen LogP contribution in [0.1, 0.15) is 22.5 Å². The summed E-state index contributed by atoms with van der Waals surface area (Å²) in [7, 11) is 0. The third kappa shape index (κ3) is 1.77. The highest BCUT2D eigenvalue weighted by Gasteiger charge is 2.37. The van der Waals surface area contributed by atoms with E-state index in [-0.39, 0.29) is 18.1 Å². The summed E-state index contributed by atoms with van der Waals surface area (Å²) in [6.45, 7) is 1.31. The van der Waals surface area contributed by atoms with E-state index in [1.54, 1.807) is 12.4 Å². The average molecular weight is 290 g/mol. The molecule has 2 aromatic rings. The molecule has 2 atom stereocenters. The largest absolute Gasteiger partial charge is 0.396 e. The van der Waals surface area contributed by atoms with Crippen molar-refractivity contribution in [2.24, 2.45) is 0 Å². The lowest BCUT2D eigenvalue weighted by Gasteiger charge is -2.31. The van der Waals surface area contributed by atoms with Gasteiger partial charge in [0.05, 0.1) is 17.9 Å². The van der Waals surface area contributed by atoms with Crippen molar-refractivity contribution in [2.45, 2.75) is 25.0 Å². The first kappa shape index (κ1) is 12.0. The van der Waals surface area contributed by atoms with E-state index in [1.807, 2.05) is 4.90 Å². The molecule has 104 valence electrons. The number of anilines is 1. The van der Waals surface area contributed by atoms with Gasteiger partial charge in [-0.1, -0.05) is 0 Å². The van der Waals surface area contributed by atoms with Gasteiger partial charge in [-0.2, -0.15) is 0 Å². The van der Waals surface area contributed by atoms with Gasteiger partial charge in [-0.05, 0) is 12.8 Å². The molecule has 6 nitrogen and oxygen atoms in total. The van der Waals surface area contributed by atoms with Gasteiger partial charge in [0.15, 0.2) is 0 Å².